The largest absolute Gasteiger partial charge is 0.314 e. The highest BCUT2D eigenvalue weighted by Crippen LogP contribution is 2.33. The zero-order valence-electron chi connectivity index (χ0n) is 11.5. The molecule has 0 saturated carbocycles. The number of rotatable bonds is 6. The van der Waals surface area contributed by atoms with Crippen molar-refractivity contribution in [3.8, 4) is 0 Å². The van der Waals surface area contributed by atoms with Gasteiger partial charge in [-0.2, -0.15) is 5.10 Å². The molecule has 0 spiro atoms. The summed E-state index contributed by atoms with van der Waals surface area (Å²) in [6, 6.07) is 0.516. The molecular weight excluding hydrogens is 278 g/mol. The van der Waals surface area contributed by atoms with E-state index in [9.17, 15) is 0 Å². The normalized spacial score (nSPS) is 14.0. The highest BCUT2D eigenvalue weighted by molar-refractivity contribution is 9.10. The van der Waals surface area contributed by atoms with Gasteiger partial charge in [-0.15, -0.1) is 0 Å². The first-order chi connectivity index (χ1) is 7.92. The third-order valence-electron chi connectivity index (χ3n) is 3.10. The summed E-state index contributed by atoms with van der Waals surface area (Å²) in [5.41, 5.74) is 1.41. The van der Waals surface area contributed by atoms with Gasteiger partial charge in [-0.1, -0.05) is 20.8 Å². The van der Waals surface area contributed by atoms with Gasteiger partial charge in [0.2, 0.25) is 0 Å². The smallest absolute Gasteiger partial charge is 0.0635 e. The Balaban J connectivity index is 2.91. The van der Waals surface area contributed by atoms with Crippen molar-refractivity contribution in [1.82, 2.24) is 15.1 Å². The molecule has 1 atom stereocenters. The summed E-state index contributed by atoms with van der Waals surface area (Å²) in [7, 11) is 0. The van der Waals surface area contributed by atoms with Crippen LogP contribution in [0.4, 0.5) is 0 Å². The second-order valence-electron chi connectivity index (χ2n) is 5.20. The standard InChI is InChI=1S/C13H24BrN3/c1-6-15-10(3)8-13(4,5)12-11(14)9-16-17(12)7-2/h9-10,15H,6-8H2,1-5H3. The van der Waals surface area contributed by atoms with Crippen LogP contribution in [0.15, 0.2) is 10.7 Å². The lowest BCUT2D eigenvalue weighted by Gasteiger charge is -2.29. The number of halogens is 1. The maximum absolute atomic E-state index is 4.40. The van der Waals surface area contributed by atoms with Gasteiger partial charge in [0.05, 0.1) is 16.4 Å². The molecule has 1 N–H and O–H groups in total. The van der Waals surface area contributed by atoms with Crippen LogP contribution in [0.2, 0.25) is 0 Å². The summed E-state index contributed by atoms with van der Waals surface area (Å²) >= 11 is 3.62. The van der Waals surface area contributed by atoms with Gasteiger partial charge in [-0.05, 0) is 42.7 Å². The molecule has 0 saturated heterocycles. The van der Waals surface area contributed by atoms with Gasteiger partial charge >= 0.3 is 0 Å². The molecule has 1 aromatic rings. The predicted octanol–water partition coefficient (Wildman–Crippen LogP) is 3.33. The molecule has 0 aromatic carbocycles. The van der Waals surface area contributed by atoms with E-state index < -0.39 is 0 Å². The van der Waals surface area contributed by atoms with Crippen molar-refractivity contribution in [2.75, 3.05) is 6.54 Å². The summed E-state index contributed by atoms with van der Waals surface area (Å²) in [5, 5.41) is 7.88. The van der Waals surface area contributed by atoms with Crippen LogP contribution in [0.25, 0.3) is 0 Å². The summed E-state index contributed by atoms with van der Waals surface area (Å²) in [6.07, 6.45) is 3.00. The number of aromatic nitrogens is 2. The molecule has 0 aliphatic rings. The molecule has 0 fully saturated rings. The fraction of sp³-hybridized carbons (Fsp3) is 0.769. The zero-order valence-corrected chi connectivity index (χ0v) is 13.1. The molecule has 0 radical (unpaired) electrons. The summed E-state index contributed by atoms with van der Waals surface area (Å²) in [6.45, 7) is 13.0. The maximum Gasteiger partial charge on any atom is 0.0635 e. The molecule has 4 heteroatoms. The molecular formula is C13H24BrN3. The SMILES string of the molecule is CCNC(C)CC(C)(C)c1c(Br)cnn1CC. The Labute approximate surface area is 113 Å². The molecule has 0 aliphatic heterocycles. The number of nitrogens with one attached hydrogen (secondary N) is 1. The van der Waals surface area contributed by atoms with Crippen molar-refractivity contribution in [3.63, 3.8) is 0 Å². The Kier molecular flexibility index (Phi) is 5.20. The Morgan fingerprint density at radius 1 is 1.47 bits per heavy atom. The van der Waals surface area contributed by atoms with E-state index in [4.69, 9.17) is 0 Å². The highest BCUT2D eigenvalue weighted by Gasteiger charge is 2.29. The first-order valence-electron chi connectivity index (χ1n) is 6.37. The van der Waals surface area contributed by atoms with E-state index in [2.05, 4.69) is 65.6 Å². The molecule has 0 amide bonds. The van der Waals surface area contributed by atoms with E-state index in [0.29, 0.717) is 6.04 Å². The quantitative estimate of drug-likeness (QED) is 0.873. The maximum atomic E-state index is 4.40. The first-order valence-corrected chi connectivity index (χ1v) is 7.16. The third kappa shape index (κ3) is 3.55. The number of hydrogen-bond donors (Lipinski definition) is 1. The highest BCUT2D eigenvalue weighted by atomic mass is 79.9. The molecule has 17 heavy (non-hydrogen) atoms. The van der Waals surface area contributed by atoms with Crippen LogP contribution in [0.1, 0.15) is 46.7 Å². The van der Waals surface area contributed by atoms with Crippen molar-refractivity contribution in [1.29, 1.82) is 0 Å². The van der Waals surface area contributed by atoms with Crippen molar-refractivity contribution >= 4 is 15.9 Å². The van der Waals surface area contributed by atoms with Gasteiger partial charge in [0.15, 0.2) is 0 Å². The average molecular weight is 302 g/mol. The Bertz CT molecular complexity index is 358. The van der Waals surface area contributed by atoms with E-state index in [1.807, 2.05) is 6.20 Å². The monoisotopic (exact) mass is 301 g/mol. The van der Waals surface area contributed by atoms with Gasteiger partial charge < -0.3 is 5.32 Å². The van der Waals surface area contributed by atoms with Crippen molar-refractivity contribution in [3.05, 3.63) is 16.4 Å². The Morgan fingerprint density at radius 3 is 2.65 bits per heavy atom. The lowest BCUT2D eigenvalue weighted by Crippen LogP contribution is -2.34. The van der Waals surface area contributed by atoms with Gasteiger partial charge in [0.1, 0.15) is 0 Å². The van der Waals surface area contributed by atoms with Crippen LogP contribution < -0.4 is 5.32 Å². The molecule has 3 nitrogen and oxygen atoms in total. The molecule has 1 heterocycles. The number of hydrogen-bond acceptors (Lipinski definition) is 2. The minimum Gasteiger partial charge on any atom is -0.314 e. The van der Waals surface area contributed by atoms with Gasteiger partial charge in [-0.3, -0.25) is 4.68 Å². The van der Waals surface area contributed by atoms with Crippen LogP contribution in [-0.2, 0) is 12.0 Å². The Morgan fingerprint density at radius 2 is 2.12 bits per heavy atom. The van der Waals surface area contributed by atoms with E-state index in [0.717, 1.165) is 24.0 Å². The Hall–Kier alpha value is -0.350. The lowest BCUT2D eigenvalue weighted by atomic mass is 9.82. The van der Waals surface area contributed by atoms with Crippen molar-refractivity contribution in [2.45, 2.75) is 59.0 Å². The molecule has 0 aliphatic carbocycles. The van der Waals surface area contributed by atoms with Crippen LogP contribution in [0.5, 0.6) is 0 Å². The van der Waals surface area contributed by atoms with E-state index in [-0.39, 0.29) is 5.41 Å². The lowest BCUT2D eigenvalue weighted by molar-refractivity contribution is 0.367. The minimum atomic E-state index is 0.118. The summed E-state index contributed by atoms with van der Waals surface area (Å²) in [5.74, 6) is 0. The van der Waals surface area contributed by atoms with Crippen LogP contribution in [0.3, 0.4) is 0 Å². The van der Waals surface area contributed by atoms with Crippen molar-refractivity contribution in [2.24, 2.45) is 0 Å². The second kappa shape index (κ2) is 6.01. The number of aryl methyl sites for hydroxylation is 1. The molecule has 1 unspecified atom stereocenters. The zero-order chi connectivity index (χ0) is 13.1. The van der Waals surface area contributed by atoms with E-state index in [1.165, 1.54) is 5.69 Å². The van der Waals surface area contributed by atoms with Crippen LogP contribution in [-0.4, -0.2) is 22.4 Å². The first kappa shape index (κ1) is 14.7. The topological polar surface area (TPSA) is 29.9 Å². The van der Waals surface area contributed by atoms with Gasteiger partial charge in [0.25, 0.3) is 0 Å². The molecule has 1 rings (SSSR count). The fourth-order valence-corrected chi connectivity index (χ4v) is 3.39. The average Bonchev–Trinajstić information content (AvgIpc) is 2.59. The second-order valence-corrected chi connectivity index (χ2v) is 6.06. The molecule has 1 aromatic heterocycles. The summed E-state index contributed by atoms with van der Waals surface area (Å²) < 4.78 is 3.20. The number of nitrogens with zero attached hydrogens (tertiary/aromatic N) is 2. The van der Waals surface area contributed by atoms with Gasteiger partial charge in [0, 0.05) is 18.0 Å². The molecule has 98 valence electrons. The van der Waals surface area contributed by atoms with Crippen LogP contribution >= 0.6 is 15.9 Å². The minimum absolute atomic E-state index is 0.118. The predicted molar refractivity (Wildman–Crippen MR) is 76.4 cm³/mol. The van der Waals surface area contributed by atoms with E-state index in [1.54, 1.807) is 0 Å². The van der Waals surface area contributed by atoms with Crippen molar-refractivity contribution < 1.29 is 0 Å². The summed E-state index contributed by atoms with van der Waals surface area (Å²) in [4.78, 5) is 0. The third-order valence-corrected chi connectivity index (χ3v) is 3.68. The van der Waals surface area contributed by atoms with E-state index >= 15 is 0 Å². The fourth-order valence-electron chi connectivity index (χ4n) is 2.56. The van der Waals surface area contributed by atoms with Gasteiger partial charge in [-0.25, -0.2) is 0 Å². The molecule has 0 bridgehead atoms. The van der Waals surface area contributed by atoms with Crippen LogP contribution in [0, 0.1) is 0 Å².